The number of rotatable bonds is 7. The molecule has 1 heterocycles. The lowest BCUT2D eigenvalue weighted by Gasteiger charge is -2.20. The SMILES string of the molecule is CN=C(NCCCN1CCCN(C)CC1)Nc1ccc(OC)c(OC)c1.I. The molecule has 0 bridgehead atoms. The Labute approximate surface area is 180 Å². The topological polar surface area (TPSA) is 61.4 Å². The number of ether oxygens (including phenoxy) is 2. The molecule has 8 heteroatoms. The van der Waals surface area contributed by atoms with E-state index in [1.54, 1.807) is 21.3 Å². The molecule has 1 aliphatic heterocycles. The molecule has 27 heavy (non-hydrogen) atoms. The maximum atomic E-state index is 5.34. The van der Waals surface area contributed by atoms with Crippen molar-refractivity contribution in [2.75, 3.05) is 72.9 Å². The van der Waals surface area contributed by atoms with Crippen LogP contribution in [0.4, 0.5) is 5.69 Å². The first-order valence-electron chi connectivity index (χ1n) is 9.27. The third kappa shape index (κ3) is 8.10. The maximum Gasteiger partial charge on any atom is 0.195 e. The second-order valence-corrected chi connectivity index (χ2v) is 6.55. The molecule has 0 radical (unpaired) electrons. The fourth-order valence-electron chi connectivity index (χ4n) is 3.06. The van der Waals surface area contributed by atoms with E-state index in [1.807, 2.05) is 18.2 Å². The largest absolute Gasteiger partial charge is 0.493 e. The van der Waals surface area contributed by atoms with E-state index in [-0.39, 0.29) is 24.0 Å². The summed E-state index contributed by atoms with van der Waals surface area (Å²) >= 11 is 0. The summed E-state index contributed by atoms with van der Waals surface area (Å²) in [6.07, 6.45) is 2.35. The van der Waals surface area contributed by atoms with Gasteiger partial charge < -0.3 is 29.9 Å². The summed E-state index contributed by atoms with van der Waals surface area (Å²) in [6.45, 7) is 6.73. The summed E-state index contributed by atoms with van der Waals surface area (Å²) in [5, 5.41) is 6.67. The van der Waals surface area contributed by atoms with Gasteiger partial charge in [-0.1, -0.05) is 0 Å². The average molecular weight is 491 g/mol. The number of benzene rings is 1. The molecular formula is C19H34IN5O2. The highest BCUT2D eigenvalue weighted by Crippen LogP contribution is 2.29. The zero-order valence-corrected chi connectivity index (χ0v) is 19.3. The van der Waals surface area contributed by atoms with Gasteiger partial charge in [0, 0.05) is 38.4 Å². The normalized spacial score (nSPS) is 16.2. The van der Waals surface area contributed by atoms with Crippen LogP contribution in [0, 0.1) is 0 Å². The van der Waals surface area contributed by atoms with Crippen molar-refractivity contribution in [1.29, 1.82) is 0 Å². The molecule has 0 aromatic heterocycles. The van der Waals surface area contributed by atoms with Crippen LogP contribution in [-0.2, 0) is 0 Å². The monoisotopic (exact) mass is 491 g/mol. The van der Waals surface area contributed by atoms with E-state index < -0.39 is 0 Å². The summed E-state index contributed by atoms with van der Waals surface area (Å²) < 4.78 is 10.6. The van der Waals surface area contributed by atoms with Gasteiger partial charge in [-0.05, 0) is 51.7 Å². The standard InChI is InChI=1S/C19H33N5O2.HI/c1-20-19(22-16-7-8-17(25-3)18(15-16)26-4)21-9-5-11-24-12-6-10-23(2)13-14-24;/h7-8,15H,5-6,9-14H2,1-4H3,(H2,20,21,22);1H. The van der Waals surface area contributed by atoms with Crippen molar-refractivity contribution >= 4 is 35.6 Å². The lowest BCUT2D eigenvalue weighted by atomic mass is 10.2. The Hall–Kier alpha value is -1.26. The lowest BCUT2D eigenvalue weighted by Crippen LogP contribution is -2.35. The molecule has 7 nitrogen and oxygen atoms in total. The van der Waals surface area contributed by atoms with Crippen molar-refractivity contribution in [3.8, 4) is 11.5 Å². The first kappa shape index (κ1) is 23.8. The molecule has 154 valence electrons. The molecule has 1 fully saturated rings. The van der Waals surface area contributed by atoms with Gasteiger partial charge in [-0.2, -0.15) is 0 Å². The van der Waals surface area contributed by atoms with E-state index in [0.29, 0.717) is 11.5 Å². The summed E-state index contributed by atoms with van der Waals surface area (Å²) in [5.41, 5.74) is 0.909. The average Bonchev–Trinajstić information content (AvgIpc) is 2.88. The van der Waals surface area contributed by atoms with Crippen molar-refractivity contribution in [2.24, 2.45) is 4.99 Å². The van der Waals surface area contributed by atoms with Crippen molar-refractivity contribution < 1.29 is 9.47 Å². The molecule has 1 saturated heterocycles. The molecular weight excluding hydrogens is 457 g/mol. The van der Waals surface area contributed by atoms with Gasteiger partial charge in [0.2, 0.25) is 0 Å². The molecule has 2 rings (SSSR count). The number of hydrogen-bond donors (Lipinski definition) is 2. The minimum absolute atomic E-state index is 0. The second kappa shape index (κ2) is 13.0. The van der Waals surface area contributed by atoms with Crippen LogP contribution < -0.4 is 20.1 Å². The van der Waals surface area contributed by atoms with Gasteiger partial charge >= 0.3 is 0 Å². The number of guanidine groups is 1. The van der Waals surface area contributed by atoms with Crippen molar-refractivity contribution in [3.05, 3.63) is 18.2 Å². The van der Waals surface area contributed by atoms with Crippen molar-refractivity contribution in [2.45, 2.75) is 12.8 Å². The molecule has 0 unspecified atom stereocenters. The fraction of sp³-hybridized carbons (Fsp3) is 0.632. The summed E-state index contributed by atoms with van der Waals surface area (Å²) in [4.78, 5) is 9.25. The number of anilines is 1. The van der Waals surface area contributed by atoms with Crippen LogP contribution in [0.25, 0.3) is 0 Å². The van der Waals surface area contributed by atoms with E-state index in [0.717, 1.165) is 44.2 Å². The van der Waals surface area contributed by atoms with Crippen molar-refractivity contribution in [3.63, 3.8) is 0 Å². The number of nitrogens with zero attached hydrogens (tertiary/aromatic N) is 3. The number of halogens is 1. The van der Waals surface area contributed by atoms with Crippen LogP contribution >= 0.6 is 24.0 Å². The maximum absolute atomic E-state index is 5.34. The van der Waals surface area contributed by atoms with Crippen molar-refractivity contribution in [1.82, 2.24) is 15.1 Å². The second-order valence-electron chi connectivity index (χ2n) is 6.55. The predicted molar refractivity (Wildman–Crippen MR) is 123 cm³/mol. The first-order valence-corrected chi connectivity index (χ1v) is 9.27. The molecule has 0 aliphatic carbocycles. The molecule has 1 aromatic rings. The zero-order valence-electron chi connectivity index (χ0n) is 17.0. The molecule has 0 amide bonds. The Kier molecular flexibility index (Phi) is 11.5. The highest BCUT2D eigenvalue weighted by Gasteiger charge is 2.11. The smallest absolute Gasteiger partial charge is 0.195 e. The van der Waals surface area contributed by atoms with Crippen LogP contribution in [-0.4, -0.2) is 83.3 Å². The molecule has 0 atom stereocenters. The number of aliphatic imine (C=N–C) groups is 1. The van der Waals surface area contributed by atoms with E-state index in [9.17, 15) is 0 Å². The number of hydrogen-bond acceptors (Lipinski definition) is 5. The highest BCUT2D eigenvalue weighted by molar-refractivity contribution is 14.0. The quantitative estimate of drug-likeness (QED) is 0.264. The minimum atomic E-state index is 0. The lowest BCUT2D eigenvalue weighted by molar-refractivity contribution is 0.274. The van der Waals surface area contributed by atoms with Gasteiger partial charge in [-0.25, -0.2) is 0 Å². The Bertz CT molecular complexity index is 585. The van der Waals surface area contributed by atoms with Crippen LogP contribution in [0.5, 0.6) is 11.5 Å². The number of methoxy groups -OCH3 is 2. The van der Waals surface area contributed by atoms with E-state index >= 15 is 0 Å². The minimum Gasteiger partial charge on any atom is -0.493 e. The molecule has 2 N–H and O–H groups in total. The first-order chi connectivity index (χ1) is 12.7. The number of nitrogens with one attached hydrogen (secondary N) is 2. The molecule has 0 spiro atoms. The van der Waals surface area contributed by atoms with E-state index in [1.165, 1.54) is 19.5 Å². The third-order valence-corrected chi connectivity index (χ3v) is 4.63. The van der Waals surface area contributed by atoms with Crippen LogP contribution in [0.1, 0.15) is 12.8 Å². The molecule has 0 saturated carbocycles. The Morgan fingerprint density at radius 2 is 1.89 bits per heavy atom. The van der Waals surface area contributed by atoms with Gasteiger partial charge in [0.1, 0.15) is 0 Å². The van der Waals surface area contributed by atoms with Crippen LogP contribution in [0.3, 0.4) is 0 Å². The molecule has 1 aliphatic rings. The summed E-state index contributed by atoms with van der Waals surface area (Å²) in [6, 6.07) is 5.73. The van der Waals surface area contributed by atoms with E-state index in [4.69, 9.17) is 9.47 Å². The van der Waals surface area contributed by atoms with E-state index in [2.05, 4.69) is 32.5 Å². The highest BCUT2D eigenvalue weighted by atomic mass is 127. The summed E-state index contributed by atoms with van der Waals surface area (Å²) in [7, 11) is 7.25. The van der Waals surface area contributed by atoms with Gasteiger partial charge in [-0.15, -0.1) is 24.0 Å². The number of likely N-dealkylation sites (N-methyl/N-ethyl adjacent to an activating group) is 1. The zero-order chi connectivity index (χ0) is 18.8. The predicted octanol–water partition coefficient (Wildman–Crippen LogP) is 2.34. The van der Waals surface area contributed by atoms with Gasteiger partial charge in [0.15, 0.2) is 17.5 Å². The fourth-order valence-corrected chi connectivity index (χ4v) is 3.06. The van der Waals surface area contributed by atoms with Crippen LogP contribution in [0.15, 0.2) is 23.2 Å². The summed E-state index contributed by atoms with van der Waals surface area (Å²) in [5.74, 6) is 2.16. The van der Waals surface area contributed by atoms with Crippen LogP contribution in [0.2, 0.25) is 0 Å². The Morgan fingerprint density at radius 1 is 1.11 bits per heavy atom. The Balaban J connectivity index is 0.00000364. The third-order valence-electron chi connectivity index (χ3n) is 4.63. The Morgan fingerprint density at radius 3 is 2.59 bits per heavy atom. The van der Waals surface area contributed by atoms with Gasteiger partial charge in [-0.3, -0.25) is 4.99 Å². The van der Waals surface area contributed by atoms with Gasteiger partial charge in [0.05, 0.1) is 14.2 Å². The van der Waals surface area contributed by atoms with Gasteiger partial charge in [0.25, 0.3) is 0 Å². The molecule has 1 aromatic carbocycles.